The van der Waals surface area contributed by atoms with Crippen LogP contribution in [0.25, 0.3) is 5.69 Å². The molecular formula is C18H21N3O3S. The second-order valence-electron chi connectivity index (χ2n) is 6.23. The highest BCUT2D eigenvalue weighted by Gasteiger charge is 2.40. The van der Waals surface area contributed by atoms with Gasteiger partial charge >= 0.3 is 0 Å². The zero-order chi connectivity index (χ0) is 17.3. The number of aromatic nitrogens is 2. The average Bonchev–Trinajstić information content (AvgIpc) is 3.31. The maximum Gasteiger partial charge on any atom is 0.253 e. The minimum atomic E-state index is -0.456. The molecule has 2 saturated heterocycles. The number of likely N-dealkylation sites (tertiary alicyclic amines) is 1. The standard InChI is InChI=1S/C18H21N3O3S/c1-25-17-19-7-10-21(17)15-4-2-3-14(13-15)16(22)20-8-5-18(6-9-20)23-11-12-24-18/h2-4,7,10,13H,5-6,8-9,11-12H2,1H3. The lowest BCUT2D eigenvalue weighted by molar-refractivity contribution is -0.181. The second-order valence-corrected chi connectivity index (χ2v) is 7.01. The van der Waals surface area contributed by atoms with E-state index in [4.69, 9.17) is 9.47 Å². The van der Waals surface area contributed by atoms with E-state index in [1.807, 2.05) is 46.2 Å². The molecule has 0 unspecified atom stereocenters. The Balaban J connectivity index is 1.50. The number of amides is 1. The van der Waals surface area contributed by atoms with E-state index in [9.17, 15) is 4.79 Å². The van der Waals surface area contributed by atoms with Crippen molar-refractivity contribution in [2.45, 2.75) is 23.8 Å². The lowest BCUT2D eigenvalue weighted by Crippen LogP contribution is -2.47. The van der Waals surface area contributed by atoms with E-state index in [1.54, 1.807) is 18.0 Å². The summed E-state index contributed by atoms with van der Waals surface area (Å²) in [4.78, 5) is 19.1. The number of rotatable bonds is 3. The van der Waals surface area contributed by atoms with Gasteiger partial charge in [-0.25, -0.2) is 4.98 Å². The van der Waals surface area contributed by atoms with Gasteiger partial charge in [-0.15, -0.1) is 0 Å². The Bertz CT molecular complexity index is 760. The third-order valence-electron chi connectivity index (χ3n) is 4.79. The van der Waals surface area contributed by atoms with Crippen molar-refractivity contribution >= 4 is 17.7 Å². The molecule has 2 aliphatic heterocycles. The molecule has 1 aromatic carbocycles. The number of nitrogens with zero attached hydrogens (tertiary/aromatic N) is 3. The van der Waals surface area contributed by atoms with Crippen LogP contribution in [0.3, 0.4) is 0 Å². The Kier molecular flexibility index (Phi) is 4.54. The number of thioether (sulfide) groups is 1. The second kappa shape index (κ2) is 6.82. The topological polar surface area (TPSA) is 56.6 Å². The molecule has 2 aliphatic rings. The van der Waals surface area contributed by atoms with Crippen LogP contribution in [0.15, 0.2) is 41.8 Å². The molecule has 3 heterocycles. The van der Waals surface area contributed by atoms with E-state index in [1.165, 1.54) is 0 Å². The number of piperidine rings is 1. The number of benzene rings is 1. The van der Waals surface area contributed by atoms with Gasteiger partial charge in [0.1, 0.15) is 0 Å². The lowest BCUT2D eigenvalue weighted by Gasteiger charge is -2.37. The highest BCUT2D eigenvalue weighted by molar-refractivity contribution is 7.98. The third-order valence-corrected chi connectivity index (χ3v) is 5.45. The summed E-state index contributed by atoms with van der Waals surface area (Å²) < 4.78 is 13.5. The van der Waals surface area contributed by atoms with Crippen LogP contribution in [0, 0.1) is 0 Å². The minimum absolute atomic E-state index is 0.0560. The first-order valence-corrected chi connectivity index (χ1v) is 9.68. The smallest absolute Gasteiger partial charge is 0.253 e. The van der Waals surface area contributed by atoms with Gasteiger partial charge in [0.2, 0.25) is 0 Å². The molecule has 0 N–H and O–H groups in total. The fraction of sp³-hybridized carbons (Fsp3) is 0.444. The van der Waals surface area contributed by atoms with E-state index in [0.29, 0.717) is 31.9 Å². The zero-order valence-corrected chi connectivity index (χ0v) is 15.0. The Morgan fingerprint density at radius 1 is 1.24 bits per heavy atom. The van der Waals surface area contributed by atoms with Crippen molar-refractivity contribution in [3.05, 3.63) is 42.2 Å². The van der Waals surface area contributed by atoms with Crippen LogP contribution >= 0.6 is 11.8 Å². The van der Waals surface area contributed by atoms with Crippen molar-refractivity contribution in [2.75, 3.05) is 32.6 Å². The Morgan fingerprint density at radius 2 is 2.00 bits per heavy atom. The molecule has 0 bridgehead atoms. The molecule has 0 radical (unpaired) electrons. The first-order chi connectivity index (χ1) is 12.2. The van der Waals surface area contributed by atoms with Crippen LogP contribution in [0.1, 0.15) is 23.2 Å². The SMILES string of the molecule is CSc1nccn1-c1cccc(C(=O)N2CCC3(CC2)OCCO3)c1. The first-order valence-electron chi connectivity index (χ1n) is 8.46. The zero-order valence-electron chi connectivity index (χ0n) is 14.2. The summed E-state index contributed by atoms with van der Waals surface area (Å²) in [5.41, 5.74) is 1.64. The number of carbonyl (C=O) groups is 1. The van der Waals surface area contributed by atoms with Gasteiger partial charge in [0.05, 0.1) is 13.2 Å². The van der Waals surface area contributed by atoms with Gasteiger partial charge in [0, 0.05) is 49.6 Å². The molecule has 25 heavy (non-hydrogen) atoms. The summed E-state index contributed by atoms with van der Waals surface area (Å²) in [7, 11) is 0. The van der Waals surface area contributed by atoms with Crippen LogP contribution in [-0.4, -0.2) is 58.7 Å². The van der Waals surface area contributed by atoms with Gasteiger partial charge in [-0.05, 0) is 24.5 Å². The highest BCUT2D eigenvalue weighted by atomic mass is 32.2. The molecule has 2 aromatic rings. The molecule has 0 aliphatic carbocycles. The molecule has 132 valence electrons. The molecule has 1 amide bonds. The van der Waals surface area contributed by atoms with Gasteiger partial charge in [-0.3, -0.25) is 9.36 Å². The van der Waals surface area contributed by atoms with Crippen LogP contribution < -0.4 is 0 Å². The van der Waals surface area contributed by atoms with E-state index < -0.39 is 5.79 Å². The maximum atomic E-state index is 12.9. The number of ether oxygens (including phenoxy) is 2. The Hall–Kier alpha value is -1.83. The summed E-state index contributed by atoms with van der Waals surface area (Å²) in [6.45, 7) is 2.62. The average molecular weight is 359 g/mol. The molecule has 7 heteroatoms. The van der Waals surface area contributed by atoms with E-state index >= 15 is 0 Å². The monoisotopic (exact) mass is 359 g/mol. The molecule has 6 nitrogen and oxygen atoms in total. The van der Waals surface area contributed by atoms with Crippen LogP contribution in [0.5, 0.6) is 0 Å². The van der Waals surface area contributed by atoms with E-state index in [0.717, 1.165) is 23.7 Å². The molecule has 0 atom stereocenters. The van der Waals surface area contributed by atoms with Crippen molar-refractivity contribution in [1.29, 1.82) is 0 Å². The van der Waals surface area contributed by atoms with Gasteiger partial charge in [0.25, 0.3) is 5.91 Å². The predicted molar refractivity (Wildman–Crippen MR) is 95.1 cm³/mol. The summed E-state index contributed by atoms with van der Waals surface area (Å²) in [5, 5.41) is 0.903. The van der Waals surface area contributed by atoms with E-state index in [-0.39, 0.29) is 5.91 Å². The van der Waals surface area contributed by atoms with Crippen molar-refractivity contribution < 1.29 is 14.3 Å². The maximum absolute atomic E-state index is 12.9. The minimum Gasteiger partial charge on any atom is -0.347 e. The fourth-order valence-electron chi connectivity index (χ4n) is 3.44. The molecular weight excluding hydrogens is 338 g/mol. The normalized spacial score (nSPS) is 19.5. The quantitative estimate of drug-likeness (QED) is 0.789. The first kappa shape index (κ1) is 16.6. The van der Waals surface area contributed by atoms with Gasteiger partial charge < -0.3 is 14.4 Å². The summed E-state index contributed by atoms with van der Waals surface area (Å²) in [6, 6.07) is 7.70. The summed E-state index contributed by atoms with van der Waals surface area (Å²) in [6.07, 6.45) is 7.14. The summed E-state index contributed by atoms with van der Waals surface area (Å²) >= 11 is 1.58. The Labute approximate surface area is 151 Å². The molecule has 1 aromatic heterocycles. The number of hydrogen-bond acceptors (Lipinski definition) is 5. The van der Waals surface area contributed by atoms with Crippen molar-refractivity contribution in [1.82, 2.24) is 14.5 Å². The third kappa shape index (κ3) is 3.19. The summed E-state index contributed by atoms with van der Waals surface area (Å²) in [5.74, 6) is -0.400. The van der Waals surface area contributed by atoms with Crippen molar-refractivity contribution in [2.24, 2.45) is 0 Å². The van der Waals surface area contributed by atoms with Crippen molar-refractivity contribution in [3.8, 4) is 5.69 Å². The fourth-order valence-corrected chi connectivity index (χ4v) is 3.97. The van der Waals surface area contributed by atoms with Crippen molar-refractivity contribution in [3.63, 3.8) is 0 Å². The largest absolute Gasteiger partial charge is 0.347 e. The number of imidazole rings is 1. The van der Waals surface area contributed by atoms with E-state index in [2.05, 4.69) is 4.98 Å². The van der Waals surface area contributed by atoms with Crippen LogP contribution in [-0.2, 0) is 9.47 Å². The predicted octanol–water partition coefficient (Wildman–Crippen LogP) is 2.57. The van der Waals surface area contributed by atoms with Gasteiger partial charge in [0.15, 0.2) is 10.9 Å². The van der Waals surface area contributed by atoms with Gasteiger partial charge in [-0.2, -0.15) is 0 Å². The molecule has 1 spiro atoms. The molecule has 0 saturated carbocycles. The number of hydrogen-bond donors (Lipinski definition) is 0. The highest BCUT2D eigenvalue weighted by Crippen LogP contribution is 2.31. The number of carbonyl (C=O) groups excluding carboxylic acids is 1. The lowest BCUT2D eigenvalue weighted by atomic mass is 10.0. The molecule has 2 fully saturated rings. The van der Waals surface area contributed by atoms with Crippen LogP contribution in [0.4, 0.5) is 0 Å². The van der Waals surface area contributed by atoms with Gasteiger partial charge in [-0.1, -0.05) is 17.8 Å². The molecule has 4 rings (SSSR count). The van der Waals surface area contributed by atoms with Crippen LogP contribution in [0.2, 0.25) is 0 Å². The Morgan fingerprint density at radius 3 is 2.72 bits per heavy atom.